The number of hydrogen-bond donors (Lipinski definition) is 2. The predicted octanol–water partition coefficient (Wildman–Crippen LogP) is 2.50. The van der Waals surface area contributed by atoms with Crippen molar-refractivity contribution in [1.29, 1.82) is 0 Å². The predicted molar refractivity (Wildman–Crippen MR) is 90.1 cm³/mol. The van der Waals surface area contributed by atoms with Crippen molar-refractivity contribution in [3.05, 3.63) is 0 Å². The molecule has 1 amide bonds. The molecule has 2 fully saturated rings. The maximum atomic E-state index is 12.3. The number of nitrogens with zero attached hydrogens (tertiary/aromatic N) is 1. The number of amides is 1. The summed E-state index contributed by atoms with van der Waals surface area (Å²) in [4.78, 5) is 25.3. The minimum absolute atomic E-state index is 0.0300. The minimum Gasteiger partial charge on any atom is -0.481 e. The zero-order valence-electron chi connectivity index (χ0n) is 14.6. The van der Waals surface area contributed by atoms with Crippen molar-refractivity contribution >= 4 is 11.9 Å². The lowest BCUT2D eigenvalue weighted by Gasteiger charge is -2.39. The zero-order valence-corrected chi connectivity index (χ0v) is 14.6. The summed E-state index contributed by atoms with van der Waals surface area (Å²) in [5.41, 5.74) is 0. The van der Waals surface area contributed by atoms with Gasteiger partial charge in [-0.1, -0.05) is 33.1 Å². The van der Waals surface area contributed by atoms with Gasteiger partial charge in [0.2, 0.25) is 5.91 Å². The second kappa shape index (κ2) is 8.67. The summed E-state index contributed by atoms with van der Waals surface area (Å²) in [5.74, 6) is 0.160. The summed E-state index contributed by atoms with van der Waals surface area (Å²) < 4.78 is 0. The summed E-state index contributed by atoms with van der Waals surface area (Å²) >= 11 is 0. The third-order valence-electron chi connectivity index (χ3n) is 5.23. The van der Waals surface area contributed by atoms with E-state index in [9.17, 15) is 9.59 Å². The molecule has 2 rings (SSSR count). The van der Waals surface area contributed by atoms with Gasteiger partial charge in [0.15, 0.2) is 0 Å². The lowest BCUT2D eigenvalue weighted by atomic mass is 9.87. The largest absolute Gasteiger partial charge is 0.481 e. The maximum Gasteiger partial charge on any atom is 0.303 e. The highest BCUT2D eigenvalue weighted by molar-refractivity contribution is 5.78. The Morgan fingerprint density at radius 1 is 1.13 bits per heavy atom. The van der Waals surface area contributed by atoms with Crippen LogP contribution in [0, 0.1) is 17.8 Å². The number of likely N-dealkylation sites (tertiary alicyclic amines) is 1. The molecule has 0 bridgehead atoms. The summed E-state index contributed by atoms with van der Waals surface area (Å²) in [7, 11) is 0. The first kappa shape index (κ1) is 18.2. The smallest absolute Gasteiger partial charge is 0.303 e. The zero-order chi connectivity index (χ0) is 16.8. The van der Waals surface area contributed by atoms with E-state index < -0.39 is 5.97 Å². The second-order valence-corrected chi connectivity index (χ2v) is 7.71. The van der Waals surface area contributed by atoms with Gasteiger partial charge in [-0.15, -0.1) is 0 Å². The normalized spacial score (nSPS) is 26.5. The van der Waals surface area contributed by atoms with E-state index >= 15 is 0 Å². The molecule has 2 unspecified atom stereocenters. The fraction of sp³-hybridized carbons (Fsp3) is 0.889. The number of aliphatic carboxylic acids is 1. The van der Waals surface area contributed by atoms with E-state index in [-0.39, 0.29) is 30.2 Å². The fourth-order valence-corrected chi connectivity index (χ4v) is 4.02. The molecule has 1 heterocycles. The third-order valence-corrected chi connectivity index (χ3v) is 5.23. The molecule has 0 spiro atoms. The van der Waals surface area contributed by atoms with Crippen LogP contribution >= 0.6 is 0 Å². The topological polar surface area (TPSA) is 69.6 Å². The molecule has 1 saturated carbocycles. The maximum absolute atomic E-state index is 12.3. The number of hydrogen-bond acceptors (Lipinski definition) is 3. The Hall–Kier alpha value is -1.10. The standard InChI is InChI=1S/C18H32N2O3/c1-13(2)18(23)20-11-15(9-17(21)22)8-16(12-20)19-10-14-6-4-3-5-7-14/h13-16,19H,3-12H2,1-2H3,(H,21,22). The lowest BCUT2D eigenvalue weighted by molar-refractivity contribution is -0.142. The summed E-state index contributed by atoms with van der Waals surface area (Å²) in [5, 5.41) is 12.7. The van der Waals surface area contributed by atoms with Gasteiger partial charge in [0.1, 0.15) is 0 Å². The summed E-state index contributed by atoms with van der Waals surface area (Å²) in [6.45, 7) is 6.14. The Morgan fingerprint density at radius 2 is 1.83 bits per heavy atom. The van der Waals surface area contributed by atoms with Gasteiger partial charge in [0.25, 0.3) is 0 Å². The van der Waals surface area contributed by atoms with E-state index in [0.717, 1.165) is 25.4 Å². The van der Waals surface area contributed by atoms with E-state index in [1.807, 2.05) is 18.7 Å². The van der Waals surface area contributed by atoms with Crippen molar-refractivity contribution in [2.45, 2.75) is 64.8 Å². The van der Waals surface area contributed by atoms with Gasteiger partial charge in [-0.25, -0.2) is 0 Å². The van der Waals surface area contributed by atoms with E-state index in [1.54, 1.807) is 0 Å². The first-order chi connectivity index (χ1) is 11.0. The number of nitrogens with one attached hydrogen (secondary N) is 1. The summed E-state index contributed by atoms with van der Waals surface area (Å²) in [6.07, 6.45) is 7.63. The average molecular weight is 324 g/mol. The SMILES string of the molecule is CC(C)C(=O)N1CC(CC(=O)O)CC(NCC2CCCCC2)C1. The highest BCUT2D eigenvalue weighted by Gasteiger charge is 2.32. The Morgan fingerprint density at radius 3 is 2.43 bits per heavy atom. The number of carbonyl (C=O) groups is 2. The lowest BCUT2D eigenvalue weighted by Crippen LogP contribution is -2.53. The van der Waals surface area contributed by atoms with Crippen LogP contribution in [-0.2, 0) is 9.59 Å². The molecule has 5 heteroatoms. The molecule has 2 N–H and O–H groups in total. The highest BCUT2D eigenvalue weighted by atomic mass is 16.4. The molecule has 1 aliphatic heterocycles. The molecule has 5 nitrogen and oxygen atoms in total. The molecule has 1 saturated heterocycles. The van der Waals surface area contributed by atoms with Gasteiger partial charge in [0.05, 0.1) is 0 Å². The van der Waals surface area contributed by atoms with Crippen molar-refractivity contribution in [2.24, 2.45) is 17.8 Å². The Bertz CT molecular complexity index is 405. The Kier molecular flexibility index (Phi) is 6.88. The van der Waals surface area contributed by atoms with Crippen LogP contribution in [0.1, 0.15) is 58.8 Å². The molecule has 0 aromatic rings. The minimum atomic E-state index is -0.764. The fourth-order valence-electron chi connectivity index (χ4n) is 4.02. The van der Waals surface area contributed by atoms with Crippen molar-refractivity contribution < 1.29 is 14.7 Å². The van der Waals surface area contributed by atoms with Crippen LogP contribution in [0.25, 0.3) is 0 Å². The molecular weight excluding hydrogens is 292 g/mol. The van der Waals surface area contributed by atoms with Crippen LogP contribution in [-0.4, -0.2) is 47.6 Å². The Labute approximate surface area is 139 Å². The molecule has 1 aliphatic carbocycles. The highest BCUT2D eigenvalue weighted by Crippen LogP contribution is 2.25. The molecule has 0 aromatic carbocycles. The molecule has 0 aromatic heterocycles. The quantitative estimate of drug-likeness (QED) is 0.787. The molecular formula is C18H32N2O3. The number of piperidine rings is 1. The van der Waals surface area contributed by atoms with Crippen LogP contribution in [0.3, 0.4) is 0 Å². The first-order valence-electron chi connectivity index (χ1n) is 9.19. The van der Waals surface area contributed by atoms with E-state index in [2.05, 4.69) is 5.32 Å². The van der Waals surface area contributed by atoms with Gasteiger partial charge < -0.3 is 15.3 Å². The van der Waals surface area contributed by atoms with Crippen LogP contribution in [0.15, 0.2) is 0 Å². The number of rotatable bonds is 6. The van der Waals surface area contributed by atoms with Gasteiger partial charge in [-0.3, -0.25) is 9.59 Å². The molecule has 2 atom stereocenters. The van der Waals surface area contributed by atoms with E-state index in [4.69, 9.17) is 5.11 Å². The molecule has 0 radical (unpaired) electrons. The molecule has 23 heavy (non-hydrogen) atoms. The number of carboxylic acid groups (broad SMARTS) is 1. The van der Waals surface area contributed by atoms with Crippen molar-refractivity contribution in [3.8, 4) is 0 Å². The summed E-state index contributed by atoms with van der Waals surface area (Å²) in [6, 6.07) is 0.234. The van der Waals surface area contributed by atoms with Crippen molar-refractivity contribution in [1.82, 2.24) is 10.2 Å². The molecule has 132 valence electrons. The van der Waals surface area contributed by atoms with Crippen LogP contribution in [0.2, 0.25) is 0 Å². The third kappa shape index (κ3) is 5.79. The number of carboxylic acids is 1. The van der Waals surface area contributed by atoms with Gasteiger partial charge in [-0.05, 0) is 37.6 Å². The number of carbonyl (C=O) groups excluding carboxylic acids is 1. The second-order valence-electron chi connectivity index (χ2n) is 7.71. The van der Waals surface area contributed by atoms with Gasteiger partial charge >= 0.3 is 5.97 Å². The van der Waals surface area contributed by atoms with Gasteiger partial charge in [0, 0.05) is 31.5 Å². The van der Waals surface area contributed by atoms with Crippen LogP contribution in [0.4, 0.5) is 0 Å². The van der Waals surface area contributed by atoms with Crippen LogP contribution in [0.5, 0.6) is 0 Å². The molecule has 2 aliphatic rings. The van der Waals surface area contributed by atoms with Crippen molar-refractivity contribution in [3.63, 3.8) is 0 Å². The van der Waals surface area contributed by atoms with Gasteiger partial charge in [-0.2, -0.15) is 0 Å². The van der Waals surface area contributed by atoms with Crippen LogP contribution < -0.4 is 5.32 Å². The van der Waals surface area contributed by atoms with E-state index in [0.29, 0.717) is 6.54 Å². The monoisotopic (exact) mass is 324 g/mol. The first-order valence-corrected chi connectivity index (χ1v) is 9.19. The Balaban J connectivity index is 1.90. The van der Waals surface area contributed by atoms with E-state index in [1.165, 1.54) is 32.1 Å². The average Bonchev–Trinajstić information content (AvgIpc) is 2.52. The van der Waals surface area contributed by atoms with Crippen molar-refractivity contribution in [2.75, 3.05) is 19.6 Å².